The van der Waals surface area contributed by atoms with Crippen LogP contribution in [0.4, 0.5) is 0 Å². The molecule has 0 aromatic rings. The van der Waals surface area contributed by atoms with Crippen molar-refractivity contribution in [2.45, 2.75) is 25.7 Å². The van der Waals surface area contributed by atoms with E-state index in [2.05, 4.69) is 4.90 Å². The molecule has 0 aromatic heterocycles. The smallest absolute Gasteiger partial charge is 0.307 e. The molecule has 0 bridgehead atoms. The van der Waals surface area contributed by atoms with Gasteiger partial charge in [-0.05, 0) is 32.4 Å². The van der Waals surface area contributed by atoms with Crippen molar-refractivity contribution in [3.63, 3.8) is 0 Å². The number of nitrogens with zero attached hydrogens (tertiary/aromatic N) is 1. The molecule has 1 rings (SSSR count). The predicted molar refractivity (Wildman–Crippen MR) is 57.9 cm³/mol. The van der Waals surface area contributed by atoms with E-state index in [0.29, 0.717) is 19.6 Å². The zero-order valence-corrected chi connectivity index (χ0v) is 9.45. The summed E-state index contributed by atoms with van der Waals surface area (Å²) < 4.78 is 4.93. The first-order chi connectivity index (χ1) is 7.24. The van der Waals surface area contributed by atoms with E-state index >= 15 is 0 Å². The van der Waals surface area contributed by atoms with Crippen LogP contribution in [0.25, 0.3) is 0 Å². The lowest BCUT2D eigenvalue weighted by Gasteiger charge is -2.28. The van der Waals surface area contributed by atoms with Gasteiger partial charge in [0.25, 0.3) is 0 Å². The maximum Gasteiger partial charge on any atom is 0.307 e. The maximum atomic E-state index is 11.0. The maximum absolute atomic E-state index is 11.0. The van der Waals surface area contributed by atoms with Crippen LogP contribution in [0.2, 0.25) is 0 Å². The molecule has 0 aliphatic carbocycles. The van der Waals surface area contributed by atoms with Gasteiger partial charge in [-0.3, -0.25) is 4.79 Å². The Labute approximate surface area is 91.2 Å². The molecule has 0 spiro atoms. The fourth-order valence-electron chi connectivity index (χ4n) is 2.01. The summed E-state index contributed by atoms with van der Waals surface area (Å²) in [5.74, 6) is -0.972. The summed E-state index contributed by atoms with van der Waals surface area (Å²) in [6.45, 7) is 3.32. The Morgan fingerprint density at radius 2 is 2.07 bits per heavy atom. The number of aliphatic carboxylic acids is 1. The molecule has 0 radical (unpaired) electrons. The highest BCUT2D eigenvalue weighted by atomic mass is 16.5. The Kier molecular flexibility index (Phi) is 5.65. The van der Waals surface area contributed by atoms with Crippen molar-refractivity contribution in [1.82, 2.24) is 4.90 Å². The number of hydrogen-bond donors (Lipinski definition) is 1. The topological polar surface area (TPSA) is 49.8 Å². The second-order valence-corrected chi connectivity index (χ2v) is 4.18. The zero-order chi connectivity index (χ0) is 11.1. The predicted octanol–water partition coefficient (Wildman–Crippen LogP) is 1.21. The summed E-state index contributed by atoms with van der Waals surface area (Å²) in [4.78, 5) is 13.3. The molecule has 0 aromatic carbocycles. The van der Waals surface area contributed by atoms with E-state index in [9.17, 15) is 4.79 Å². The van der Waals surface area contributed by atoms with Crippen LogP contribution in [0.15, 0.2) is 0 Å². The molecule has 1 unspecified atom stereocenters. The number of piperidine rings is 1. The first-order valence-electron chi connectivity index (χ1n) is 5.68. The van der Waals surface area contributed by atoms with Gasteiger partial charge in [-0.1, -0.05) is 6.42 Å². The van der Waals surface area contributed by atoms with Crippen LogP contribution in [0, 0.1) is 5.92 Å². The van der Waals surface area contributed by atoms with E-state index in [0.717, 1.165) is 13.1 Å². The van der Waals surface area contributed by atoms with Gasteiger partial charge < -0.3 is 14.7 Å². The van der Waals surface area contributed by atoms with Crippen LogP contribution in [-0.4, -0.2) is 49.3 Å². The number of hydrogen-bond acceptors (Lipinski definition) is 3. The molecule has 88 valence electrons. The third-order valence-corrected chi connectivity index (χ3v) is 2.95. The van der Waals surface area contributed by atoms with Crippen molar-refractivity contribution in [2.24, 2.45) is 5.92 Å². The molecule has 1 fully saturated rings. The van der Waals surface area contributed by atoms with Crippen molar-refractivity contribution in [3.05, 3.63) is 0 Å². The lowest BCUT2D eigenvalue weighted by molar-refractivity contribution is -0.143. The van der Waals surface area contributed by atoms with Crippen LogP contribution in [0.5, 0.6) is 0 Å². The number of likely N-dealkylation sites (tertiary alicyclic amines) is 1. The minimum absolute atomic E-state index is 0.275. The number of rotatable bonds is 6. The van der Waals surface area contributed by atoms with Crippen LogP contribution < -0.4 is 0 Å². The van der Waals surface area contributed by atoms with Gasteiger partial charge in [-0.15, -0.1) is 0 Å². The van der Waals surface area contributed by atoms with Gasteiger partial charge in [-0.2, -0.15) is 0 Å². The summed E-state index contributed by atoms with van der Waals surface area (Å²) >= 11 is 0. The molecule has 1 atom stereocenters. The van der Waals surface area contributed by atoms with Crippen LogP contribution in [0.1, 0.15) is 25.7 Å². The van der Waals surface area contributed by atoms with Gasteiger partial charge in [-0.25, -0.2) is 0 Å². The van der Waals surface area contributed by atoms with Gasteiger partial charge >= 0.3 is 5.97 Å². The van der Waals surface area contributed by atoms with E-state index in [1.807, 2.05) is 0 Å². The van der Waals surface area contributed by atoms with Crippen LogP contribution in [0.3, 0.4) is 0 Å². The first-order valence-corrected chi connectivity index (χ1v) is 5.68. The van der Waals surface area contributed by atoms with Crippen LogP contribution in [-0.2, 0) is 9.53 Å². The number of ether oxygens (including phenoxy) is 1. The SMILES string of the molecule is COCCC(CN1CCCCC1)C(=O)O. The molecule has 1 aliphatic heterocycles. The van der Waals surface area contributed by atoms with E-state index in [1.54, 1.807) is 7.11 Å². The molecule has 1 N–H and O–H groups in total. The average molecular weight is 215 g/mol. The third kappa shape index (κ3) is 4.62. The highest BCUT2D eigenvalue weighted by molar-refractivity contribution is 5.70. The van der Waals surface area contributed by atoms with Gasteiger partial charge in [0, 0.05) is 20.3 Å². The minimum atomic E-state index is -0.697. The van der Waals surface area contributed by atoms with E-state index in [1.165, 1.54) is 19.3 Å². The lowest BCUT2D eigenvalue weighted by atomic mass is 10.0. The third-order valence-electron chi connectivity index (χ3n) is 2.95. The van der Waals surface area contributed by atoms with Crippen molar-refractivity contribution in [1.29, 1.82) is 0 Å². The largest absolute Gasteiger partial charge is 0.481 e. The monoisotopic (exact) mass is 215 g/mol. The molecule has 1 aliphatic rings. The molecule has 4 nitrogen and oxygen atoms in total. The molecule has 0 amide bonds. The summed E-state index contributed by atoms with van der Waals surface area (Å²) in [6.07, 6.45) is 4.31. The summed E-state index contributed by atoms with van der Waals surface area (Å²) in [6, 6.07) is 0. The quantitative estimate of drug-likeness (QED) is 0.723. The zero-order valence-electron chi connectivity index (χ0n) is 9.45. The number of carboxylic acid groups (broad SMARTS) is 1. The number of methoxy groups -OCH3 is 1. The Morgan fingerprint density at radius 3 is 2.60 bits per heavy atom. The first kappa shape index (κ1) is 12.5. The van der Waals surface area contributed by atoms with Gasteiger partial charge in [0.05, 0.1) is 5.92 Å². The van der Waals surface area contributed by atoms with Gasteiger partial charge in [0.15, 0.2) is 0 Å². The molecule has 1 saturated heterocycles. The van der Waals surface area contributed by atoms with E-state index < -0.39 is 5.97 Å². The van der Waals surface area contributed by atoms with E-state index in [-0.39, 0.29) is 5.92 Å². The Bertz CT molecular complexity index is 190. The molecular formula is C11H21NO3. The van der Waals surface area contributed by atoms with Crippen molar-refractivity contribution < 1.29 is 14.6 Å². The van der Waals surface area contributed by atoms with Crippen molar-refractivity contribution >= 4 is 5.97 Å². The van der Waals surface area contributed by atoms with Gasteiger partial charge in [0.2, 0.25) is 0 Å². The van der Waals surface area contributed by atoms with E-state index in [4.69, 9.17) is 9.84 Å². The summed E-state index contributed by atoms with van der Waals surface area (Å²) in [5.41, 5.74) is 0. The normalized spacial score (nSPS) is 20.1. The van der Waals surface area contributed by atoms with Crippen molar-refractivity contribution in [2.75, 3.05) is 33.4 Å². The fourth-order valence-corrected chi connectivity index (χ4v) is 2.01. The second-order valence-electron chi connectivity index (χ2n) is 4.18. The fraction of sp³-hybridized carbons (Fsp3) is 0.909. The molecule has 0 saturated carbocycles. The Morgan fingerprint density at radius 1 is 1.40 bits per heavy atom. The minimum Gasteiger partial charge on any atom is -0.481 e. The average Bonchev–Trinajstić information content (AvgIpc) is 2.25. The second kappa shape index (κ2) is 6.80. The Hall–Kier alpha value is -0.610. The highest BCUT2D eigenvalue weighted by Crippen LogP contribution is 2.13. The number of carboxylic acids is 1. The molecule has 1 heterocycles. The summed E-state index contributed by atoms with van der Waals surface area (Å²) in [5, 5.41) is 9.05. The lowest BCUT2D eigenvalue weighted by Crippen LogP contribution is -2.37. The van der Waals surface area contributed by atoms with Crippen molar-refractivity contribution in [3.8, 4) is 0 Å². The Balaban J connectivity index is 2.31. The molecule has 15 heavy (non-hydrogen) atoms. The highest BCUT2D eigenvalue weighted by Gasteiger charge is 2.21. The van der Waals surface area contributed by atoms with Gasteiger partial charge in [0.1, 0.15) is 0 Å². The molecular weight excluding hydrogens is 194 g/mol. The summed E-state index contributed by atoms with van der Waals surface area (Å²) in [7, 11) is 1.61. The standard InChI is InChI=1S/C11H21NO3/c1-15-8-5-10(11(13)14)9-12-6-3-2-4-7-12/h10H,2-9H2,1H3,(H,13,14). The molecule has 4 heteroatoms. The number of carbonyl (C=O) groups is 1. The van der Waals surface area contributed by atoms with Crippen LogP contribution >= 0.6 is 0 Å².